The average molecular weight is 237 g/mol. The fourth-order valence-electron chi connectivity index (χ4n) is 1.23. The Morgan fingerprint density at radius 1 is 1.29 bits per heavy atom. The van der Waals surface area contributed by atoms with E-state index >= 15 is 0 Å². The molecule has 0 spiro atoms. The number of likely N-dealkylation sites (N-methyl/N-ethyl adjacent to an activating group) is 1. The SMILES string of the molecule is CN(CCOCc1ccccc1)C(=O)C(=O)O. The van der Waals surface area contributed by atoms with Crippen LogP contribution in [0.25, 0.3) is 0 Å². The summed E-state index contributed by atoms with van der Waals surface area (Å²) in [6.07, 6.45) is 0. The third-order valence-corrected chi connectivity index (χ3v) is 2.21. The quantitative estimate of drug-likeness (QED) is 0.606. The van der Waals surface area contributed by atoms with Crippen LogP contribution in [-0.4, -0.2) is 42.1 Å². The second-order valence-corrected chi connectivity index (χ2v) is 3.57. The third-order valence-electron chi connectivity index (χ3n) is 2.21. The molecular formula is C12H15NO4. The maximum Gasteiger partial charge on any atom is 0.394 e. The molecule has 0 unspecified atom stereocenters. The molecule has 0 aliphatic carbocycles. The van der Waals surface area contributed by atoms with Crippen molar-refractivity contribution in [3.8, 4) is 0 Å². The Morgan fingerprint density at radius 3 is 2.53 bits per heavy atom. The van der Waals surface area contributed by atoms with Gasteiger partial charge in [-0.3, -0.25) is 4.79 Å². The number of hydrogen-bond acceptors (Lipinski definition) is 3. The highest BCUT2D eigenvalue weighted by Crippen LogP contribution is 2.00. The highest BCUT2D eigenvalue weighted by atomic mass is 16.5. The number of hydrogen-bond donors (Lipinski definition) is 1. The summed E-state index contributed by atoms with van der Waals surface area (Å²) in [7, 11) is 1.43. The number of rotatable bonds is 5. The summed E-state index contributed by atoms with van der Waals surface area (Å²) < 4.78 is 5.33. The standard InChI is InChI=1S/C12H15NO4/c1-13(11(14)12(15)16)7-8-17-9-10-5-3-2-4-6-10/h2-6H,7-9H2,1H3,(H,15,16). The number of carboxylic acids is 1. The average Bonchev–Trinajstić information content (AvgIpc) is 2.34. The first-order chi connectivity index (χ1) is 8.11. The Balaban J connectivity index is 2.20. The smallest absolute Gasteiger partial charge is 0.394 e. The molecule has 0 radical (unpaired) electrons. The molecule has 0 aliphatic rings. The second-order valence-electron chi connectivity index (χ2n) is 3.57. The molecular weight excluding hydrogens is 222 g/mol. The van der Waals surface area contributed by atoms with Gasteiger partial charge in [0.05, 0.1) is 13.2 Å². The van der Waals surface area contributed by atoms with Gasteiger partial charge in [0.15, 0.2) is 0 Å². The predicted molar refractivity (Wildman–Crippen MR) is 61.4 cm³/mol. The first-order valence-corrected chi connectivity index (χ1v) is 5.21. The normalized spacial score (nSPS) is 9.94. The zero-order valence-corrected chi connectivity index (χ0v) is 9.63. The van der Waals surface area contributed by atoms with E-state index in [4.69, 9.17) is 9.84 Å². The van der Waals surface area contributed by atoms with Gasteiger partial charge < -0.3 is 14.7 Å². The topological polar surface area (TPSA) is 66.8 Å². The molecule has 1 rings (SSSR count). The number of carboxylic acid groups (broad SMARTS) is 1. The summed E-state index contributed by atoms with van der Waals surface area (Å²) in [5.74, 6) is -2.37. The Hall–Kier alpha value is -1.88. The van der Waals surface area contributed by atoms with E-state index in [0.29, 0.717) is 13.2 Å². The van der Waals surface area contributed by atoms with Crippen LogP contribution in [0.5, 0.6) is 0 Å². The number of amides is 1. The summed E-state index contributed by atoms with van der Waals surface area (Å²) in [6.45, 7) is 1.03. The van der Waals surface area contributed by atoms with Crippen molar-refractivity contribution in [2.75, 3.05) is 20.2 Å². The van der Waals surface area contributed by atoms with Gasteiger partial charge in [0, 0.05) is 13.6 Å². The van der Waals surface area contributed by atoms with E-state index in [1.54, 1.807) is 0 Å². The van der Waals surface area contributed by atoms with E-state index in [-0.39, 0.29) is 6.54 Å². The van der Waals surface area contributed by atoms with E-state index in [1.165, 1.54) is 7.05 Å². The predicted octanol–water partition coefficient (Wildman–Crippen LogP) is 0.746. The van der Waals surface area contributed by atoms with E-state index in [1.807, 2.05) is 30.3 Å². The molecule has 0 saturated heterocycles. The molecule has 1 aromatic carbocycles. The number of aliphatic carboxylic acids is 1. The molecule has 1 amide bonds. The molecule has 5 nitrogen and oxygen atoms in total. The Bertz CT molecular complexity index is 377. The molecule has 0 aliphatic heterocycles. The molecule has 0 heterocycles. The van der Waals surface area contributed by atoms with Gasteiger partial charge in [-0.15, -0.1) is 0 Å². The second kappa shape index (κ2) is 6.65. The van der Waals surface area contributed by atoms with E-state index < -0.39 is 11.9 Å². The Morgan fingerprint density at radius 2 is 1.94 bits per heavy atom. The zero-order valence-electron chi connectivity index (χ0n) is 9.63. The third kappa shape index (κ3) is 4.65. The molecule has 0 fully saturated rings. The van der Waals surface area contributed by atoms with Gasteiger partial charge in [0.1, 0.15) is 0 Å². The molecule has 1 N–H and O–H groups in total. The van der Waals surface area contributed by atoms with Crippen molar-refractivity contribution in [1.29, 1.82) is 0 Å². The largest absolute Gasteiger partial charge is 0.474 e. The van der Waals surface area contributed by atoms with Crippen LogP contribution in [0.2, 0.25) is 0 Å². The first kappa shape index (κ1) is 13.2. The zero-order chi connectivity index (χ0) is 12.7. The molecule has 5 heteroatoms. The van der Waals surface area contributed by atoms with Crippen LogP contribution in [0.1, 0.15) is 5.56 Å². The van der Waals surface area contributed by atoms with Crippen molar-refractivity contribution in [1.82, 2.24) is 4.90 Å². The molecule has 0 bridgehead atoms. The van der Waals surface area contributed by atoms with Crippen LogP contribution < -0.4 is 0 Å². The van der Waals surface area contributed by atoms with Crippen LogP contribution >= 0.6 is 0 Å². The van der Waals surface area contributed by atoms with Crippen molar-refractivity contribution in [3.05, 3.63) is 35.9 Å². The van der Waals surface area contributed by atoms with Gasteiger partial charge in [-0.2, -0.15) is 0 Å². The number of carbonyl (C=O) groups is 2. The maximum absolute atomic E-state index is 11.0. The monoisotopic (exact) mass is 237 g/mol. The fraction of sp³-hybridized carbons (Fsp3) is 0.333. The van der Waals surface area contributed by atoms with Gasteiger partial charge in [-0.25, -0.2) is 4.79 Å². The summed E-state index contributed by atoms with van der Waals surface area (Å²) in [6, 6.07) is 9.62. The minimum Gasteiger partial charge on any atom is -0.474 e. The van der Waals surface area contributed by atoms with Gasteiger partial charge >= 0.3 is 11.9 Å². The summed E-state index contributed by atoms with van der Waals surface area (Å²) >= 11 is 0. The van der Waals surface area contributed by atoms with Crippen LogP contribution in [0.15, 0.2) is 30.3 Å². The lowest BCUT2D eigenvalue weighted by Gasteiger charge is -2.14. The summed E-state index contributed by atoms with van der Waals surface area (Å²) in [5, 5.41) is 8.45. The lowest BCUT2D eigenvalue weighted by atomic mass is 10.2. The lowest BCUT2D eigenvalue weighted by Crippen LogP contribution is -2.35. The lowest BCUT2D eigenvalue weighted by molar-refractivity contribution is -0.155. The Kier molecular flexibility index (Phi) is 5.16. The van der Waals surface area contributed by atoms with Gasteiger partial charge in [0.25, 0.3) is 0 Å². The summed E-state index contributed by atoms with van der Waals surface area (Å²) in [4.78, 5) is 22.5. The fourth-order valence-corrected chi connectivity index (χ4v) is 1.23. The minimum absolute atomic E-state index is 0.262. The van der Waals surface area contributed by atoms with Crippen molar-refractivity contribution >= 4 is 11.9 Å². The molecule has 92 valence electrons. The van der Waals surface area contributed by atoms with Gasteiger partial charge in [-0.05, 0) is 5.56 Å². The molecule has 1 aromatic rings. The molecule has 17 heavy (non-hydrogen) atoms. The van der Waals surface area contributed by atoms with Gasteiger partial charge in [0.2, 0.25) is 0 Å². The summed E-state index contributed by atoms with van der Waals surface area (Å²) in [5.41, 5.74) is 1.04. The highest BCUT2D eigenvalue weighted by Gasteiger charge is 2.16. The molecule has 0 atom stereocenters. The van der Waals surface area contributed by atoms with E-state index in [9.17, 15) is 9.59 Å². The van der Waals surface area contributed by atoms with Gasteiger partial charge in [-0.1, -0.05) is 30.3 Å². The minimum atomic E-state index is -1.45. The van der Waals surface area contributed by atoms with Crippen molar-refractivity contribution < 1.29 is 19.4 Å². The van der Waals surface area contributed by atoms with Crippen LogP contribution in [0, 0.1) is 0 Å². The Labute approximate surface area is 99.6 Å². The van der Waals surface area contributed by atoms with Crippen LogP contribution in [-0.2, 0) is 20.9 Å². The van der Waals surface area contributed by atoms with Crippen LogP contribution in [0.3, 0.4) is 0 Å². The highest BCUT2D eigenvalue weighted by molar-refractivity contribution is 6.31. The number of benzene rings is 1. The van der Waals surface area contributed by atoms with Crippen molar-refractivity contribution in [3.63, 3.8) is 0 Å². The van der Waals surface area contributed by atoms with Crippen molar-refractivity contribution in [2.24, 2.45) is 0 Å². The van der Waals surface area contributed by atoms with Crippen LogP contribution in [0.4, 0.5) is 0 Å². The first-order valence-electron chi connectivity index (χ1n) is 5.21. The number of carbonyl (C=O) groups excluding carboxylic acids is 1. The maximum atomic E-state index is 11.0. The number of nitrogens with zero attached hydrogens (tertiary/aromatic N) is 1. The number of ether oxygens (including phenoxy) is 1. The molecule has 0 saturated carbocycles. The van der Waals surface area contributed by atoms with E-state index in [0.717, 1.165) is 10.5 Å². The van der Waals surface area contributed by atoms with E-state index in [2.05, 4.69) is 0 Å². The molecule has 0 aromatic heterocycles. The van der Waals surface area contributed by atoms with Crippen molar-refractivity contribution in [2.45, 2.75) is 6.61 Å².